The molecule has 1 unspecified atom stereocenters. The van der Waals surface area contributed by atoms with E-state index >= 15 is 0 Å². The van der Waals surface area contributed by atoms with Gasteiger partial charge in [-0.3, -0.25) is 9.78 Å². The topological polar surface area (TPSA) is 39.2 Å². The van der Waals surface area contributed by atoms with E-state index in [2.05, 4.69) is 11.6 Å². The van der Waals surface area contributed by atoms with Crippen LogP contribution in [0.2, 0.25) is 0 Å². The molecule has 0 aliphatic heterocycles. The molecule has 0 aromatic carbocycles. The maximum atomic E-state index is 11.9. The van der Waals surface area contributed by atoms with Gasteiger partial charge in [0.1, 0.15) is 0 Å². The Bertz CT molecular complexity index is 414. The second-order valence-corrected chi connectivity index (χ2v) is 4.39. The highest BCUT2D eigenvalue weighted by molar-refractivity contribution is 5.79. The SMILES string of the molecule is C=CC(C)(Cc1cncc(C)c1)C(=O)OCC. The molecule has 0 saturated carbocycles. The second-order valence-electron chi connectivity index (χ2n) is 4.39. The Morgan fingerprint density at radius 3 is 2.82 bits per heavy atom. The van der Waals surface area contributed by atoms with Gasteiger partial charge in [0.05, 0.1) is 12.0 Å². The number of hydrogen-bond donors (Lipinski definition) is 0. The zero-order valence-electron chi connectivity index (χ0n) is 10.7. The Morgan fingerprint density at radius 1 is 1.59 bits per heavy atom. The van der Waals surface area contributed by atoms with E-state index in [4.69, 9.17) is 4.74 Å². The van der Waals surface area contributed by atoms with Gasteiger partial charge in [-0.25, -0.2) is 0 Å². The molecular formula is C14H19NO2. The number of hydrogen-bond acceptors (Lipinski definition) is 3. The molecule has 1 aromatic heterocycles. The van der Waals surface area contributed by atoms with Gasteiger partial charge in [0.15, 0.2) is 0 Å². The van der Waals surface area contributed by atoms with Crippen molar-refractivity contribution < 1.29 is 9.53 Å². The summed E-state index contributed by atoms with van der Waals surface area (Å²) in [6.45, 7) is 9.73. The fourth-order valence-electron chi connectivity index (χ4n) is 1.66. The van der Waals surface area contributed by atoms with Crippen LogP contribution in [-0.2, 0) is 16.0 Å². The lowest BCUT2D eigenvalue weighted by atomic mass is 9.84. The number of nitrogens with zero attached hydrogens (tertiary/aromatic N) is 1. The van der Waals surface area contributed by atoms with Crippen molar-refractivity contribution in [2.45, 2.75) is 27.2 Å². The molecule has 0 aliphatic carbocycles. The van der Waals surface area contributed by atoms with E-state index in [1.165, 1.54) is 0 Å². The van der Waals surface area contributed by atoms with Crippen LogP contribution in [0.15, 0.2) is 31.1 Å². The smallest absolute Gasteiger partial charge is 0.315 e. The van der Waals surface area contributed by atoms with E-state index in [1.54, 1.807) is 25.4 Å². The van der Waals surface area contributed by atoms with Crippen molar-refractivity contribution in [1.82, 2.24) is 4.98 Å². The van der Waals surface area contributed by atoms with Crippen LogP contribution in [0.5, 0.6) is 0 Å². The van der Waals surface area contributed by atoms with Gasteiger partial charge in [-0.2, -0.15) is 0 Å². The van der Waals surface area contributed by atoms with Gasteiger partial charge in [0.25, 0.3) is 0 Å². The fourth-order valence-corrected chi connectivity index (χ4v) is 1.66. The van der Waals surface area contributed by atoms with Crippen LogP contribution in [0.1, 0.15) is 25.0 Å². The van der Waals surface area contributed by atoms with Crippen LogP contribution >= 0.6 is 0 Å². The molecule has 92 valence electrons. The highest BCUT2D eigenvalue weighted by atomic mass is 16.5. The van der Waals surface area contributed by atoms with Crippen LogP contribution < -0.4 is 0 Å². The average molecular weight is 233 g/mol. The number of carbonyl (C=O) groups excluding carboxylic acids is 1. The number of carbonyl (C=O) groups is 1. The number of ether oxygens (including phenoxy) is 1. The predicted molar refractivity (Wildman–Crippen MR) is 67.6 cm³/mol. The van der Waals surface area contributed by atoms with Gasteiger partial charge in [0, 0.05) is 12.4 Å². The Labute approximate surface area is 103 Å². The van der Waals surface area contributed by atoms with Gasteiger partial charge in [-0.15, -0.1) is 6.58 Å². The maximum Gasteiger partial charge on any atom is 0.315 e. The van der Waals surface area contributed by atoms with Crippen molar-refractivity contribution in [2.24, 2.45) is 5.41 Å². The fraction of sp³-hybridized carbons (Fsp3) is 0.429. The normalized spacial score (nSPS) is 13.8. The summed E-state index contributed by atoms with van der Waals surface area (Å²) in [6.07, 6.45) is 5.77. The maximum absolute atomic E-state index is 11.9. The first kappa shape index (κ1) is 13.4. The number of rotatable bonds is 5. The zero-order chi connectivity index (χ0) is 12.9. The monoisotopic (exact) mass is 233 g/mol. The molecule has 0 spiro atoms. The van der Waals surface area contributed by atoms with Gasteiger partial charge >= 0.3 is 5.97 Å². The summed E-state index contributed by atoms with van der Waals surface area (Å²) in [7, 11) is 0. The zero-order valence-corrected chi connectivity index (χ0v) is 10.7. The molecule has 1 rings (SSSR count). The van der Waals surface area contributed by atoms with Crippen molar-refractivity contribution >= 4 is 5.97 Å². The first-order chi connectivity index (χ1) is 8.01. The summed E-state index contributed by atoms with van der Waals surface area (Å²) in [5.41, 5.74) is 1.41. The van der Waals surface area contributed by atoms with Crippen molar-refractivity contribution in [2.75, 3.05) is 6.61 Å². The Morgan fingerprint density at radius 2 is 2.29 bits per heavy atom. The molecule has 0 N–H and O–H groups in total. The molecule has 0 amide bonds. The van der Waals surface area contributed by atoms with E-state index in [9.17, 15) is 4.79 Å². The highest BCUT2D eigenvalue weighted by Gasteiger charge is 2.31. The molecule has 0 aliphatic rings. The highest BCUT2D eigenvalue weighted by Crippen LogP contribution is 2.25. The lowest BCUT2D eigenvalue weighted by molar-refractivity contribution is -0.151. The second kappa shape index (κ2) is 5.62. The minimum Gasteiger partial charge on any atom is -0.465 e. The van der Waals surface area contributed by atoms with Crippen molar-refractivity contribution in [1.29, 1.82) is 0 Å². The summed E-state index contributed by atoms with van der Waals surface area (Å²) in [5.74, 6) is -0.239. The largest absolute Gasteiger partial charge is 0.465 e. The predicted octanol–water partition coefficient (Wildman–Crippen LogP) is 2.69. The first-order valence-electron chi connectivity index (χ1n) is 5.73. The van der Waals surface area contributed by atoms with Crippen molar-refractivity contribution in [3.63, 3.8) is 0 Å². The summed E-state index contributed by atoms with van der Waals surface area (Å²) < 4.78 is 5.07. The summed E-state index contributed by atoms with van der Waals surface area (Å²) in [4.78, 5) is 16.0. The van der Waals surface area contributed by atoms with Crippen LogP contribution in [0.4, 0.5) is 0 Å². The summed E-state index contributed by atoms with van der Waals surface area (Å²) >= 11 is 0. The van der Waals surface area contributed by atoms with E-state index < -0.39 is 5.41 Å². The van der Waals surface area contributed by atoms with Crippen LogP contribution in [0, 0.1) is 12.3 Å². The standard InChI is InChI=1S/C14H19NO2/c1-5-14(4,13(16)17-6-2)8-12-7-11(3)9-15-10-12/h5,7,9-10H,1,6,8H2,2-4H3. The quantitative estimate of drug-likeness (QED) is 0.580. The molecule has 17 heavy (non-hydrogen) atoms. The molecule has 0 bridgehead atoms. The van der Waals surface area contributed by atoms with Crippen molar-refractivity contribution in [3.05, 3.63) is 42.2 Å². The molecule has 0 fully saturated rings. The third-order valence-electron chi connectivity index (χ3n) is 2.70. The van der Waals surface area contributed by atoms with Crippen LogP contribution in [0.3, 0.4) is 0 Å². The third kappa shape index (κ3) is 3.41. The lowest BCUT2D eigenvalue weighted by Gasteiger charge is -2.23. The molecule has 0 radical (unpaired) electrons. The number of aryl methyl sites for hydroxylation is 1. The van der Waals surface area contributed by atoms with E-state index in [0.717, 1.165) is 11.1 Å². The van der Waals surface area contributed by atoms with E-state index in [1.807, 2.05) is 19.9 Å². The first-order valence-corrected chi connectivity index (χ1v) is 5.73. The number of aromatic nitrogens is 1. The Kier molecular flexibility index (Phi) is 4.44. The van der Waals surface area contributed by atoms with E-state index in [-0.39, 0.29) is 5.97 Å². The summed E-state index contributed by atoms with van der Waals surface area (Å²) in [6, 6.07) is 2.02. The number of esters is 1. The molecule has 1 atom stereocenters. The van der Waals surface area contributed by atoms with E-state index in [0.29, 0.717) is 13.0 Å². The number of pyridine rings is 1. The molecule has 3 nitrogen and oxygen atoms in total. The Hall–Kier alpha value is -1.64. The Balaban J connectivity index is 2.89. The minimum atomic E-state index is -0.689. The van der Waals surface area contributed by atoms with Gasteiger partial charge in [0.2, 0.25) is 0 Å². The molecule has 1 heterocycles. The van der Waals surface area contributed by atoms with Crippen molar-refractivity contribution in [3.8, 4) is 0 Å². The average Bonchev–Trinajstić information content (AvgIpc) is 2.29. The molecule has 3 heteroatoms. The lowest BCUT2D eigenvalue weighted by Crippen LogP contribution is -2.30. The van der Waals surface area contributed by atoms with Crippen LogP contribution in [-0.4, -0.2) is 17.6 Å². The third-order valence-corrected chi connectivity index (χ3v) is 2.70. The summed E-state index contributed by atoms with van der Waals surface area (Å²) in [5, 5.41) is 0. The molecular weight excluding hydrogens is 214 g/mol. The van der Waals surface area contributed by atoms with Gasteiger partial charge in [-0.1, -0.05) is 12.1 Å². The minimum absolute atomic E-state index is 0.239. The van der Waals surface area contributed by atoms with Crippen LogP contribution in [0.25, 0.3) is 0 Å². The molecule has 0 saturated heterocycles. The molecule has 1 aromatic rings. The van der Waals surface area contributed by atoms with Gasteiger partial charge in [-0.05, 0) is 38.3 Å². The van der Waals surface area contributed by atoms with Gasteiger partial charge < -0.3 is 4.74 Å².